The molecule has 0 radical (unpaired) electrons. The molecule has 1 fully saturated rings. The van der Waals surface area contributed by atoms with Crippen molar-refractivity contribution >= 4 is 0 Å². The molecular formula is C9H20NO5+. The summed E-state index contributed by atoms with van der Waals surface area (Å²) in [4.78, 5) is -1.98. The van der Waals surface area contributed by atoms with Crippen LogP contribution in [0.3, 0.4) is 0 Å². The van der Waals surface area contributed by atoms with Crippen LogP contribution in [-0.2, 0) is 9.47 Å². The lowest BCUT2D eigenvalue weighted by molar-refractivity contribution is -1.37. The minimum Gasteiger partial charge on any atom is -0.380 e. The molecule has 0 atom stereocenters. The summed E-state index contributed by atoms with van der Waals surface area (Å²) in [5, 5.41) is 25.7. The van der Waals surface area contributed by atoms with Gasteiger partial charge in [0.1, 0.15) is 0 Å². The van der Waals surface area contributed by atoms with Gasteiger partial charge < -0.3 is 9.47 Å². The average molecular weight is 222 g/mol. The molecule has 1 saturated heterocycles. The highest BCUT2D eigenvalue weighted by Crippen LogP contribution is 2.31. The zero-order valence-corrected chi connectivity index (χ0v) is 9.06. The second-order valence-electron chi connectivity index (χ2n) is 4.17. The zero-order chi connectivity index (χ0) is 11.4. The van der Waals surface area contributed by atoms with Crippen molar-refractivity contribution in [3.05, 3.63) is 0 Å². The van der Waals surface area contributed by atoms with E-state index in [1.807, 2.05) is 0 Å². The highest BCUT2D eigenvalue weighted by molar-refractivity contribution is 4.83. The van der Waals surface area contributed by atoms with E-state index in [-0.39, 0.29) is 12.0 Å². The highest BCUT2D eigenvalue weighted by atomic mass is 17.1. The smallest absolute Gasteiger partial charge is 0.179 e. The Bertz CT molecular complexity index is 182. The van der Waals surface area contributed by atoms with Crippen LogP contribution in [0.25, 0.3) is 0 Å². The molecule has 6 heteroatoms. The van der Waals surface area contributed by atoms with Gasteiger partial charge in [-0.25, -0.2) is 0 Å². The Balaban J connectivity index is 2.02. The number of hydroxylamine groups is 3. The van der Waals surface area contributed by atoms with Crippen LogP contribution in [0.2, 0.25) is 0 Å². The van der Waals surface area contributed by atoms with Crippen molar-refractivity contribution in [1.29, 1.82) is 0 Å². The summed E-state index contributed by atoms with van der Waals surface area (Å²) in [7, 11) is 0. The van der Waals surface area contributed by atoms with Gasteiger partial charge >= 0.3 is 0 Å². The van der Waals surface area contributed by atoms with E-state index in [1.54, 1.807) is 0 Å². The SMILES string of the molecule is CCC1(COCCC[N+](O)(O)O)COC1. The summed E-state index contributed by atoms with van der Waals surface area (Å²) in [5.74, 6) is 0. The quantitative estimate of drug-likeness (QED) is 0.337. The van der Waals surface area contributed by atoms with E-state index >= 15 is 0 Å². The number of hydrogen-bond acceptors (Lipinski definition) is 5. The van der Waals surface area contributed by atoms with Crippen molar-refractivity contribution in [2.75, 3.05) is 33.0 Å². The van der Waals surface area contributed by atoms with Crippen molar-refractivity contribution < 1.29 is 30.1 Å². The molecule has 0 bridgehead atoms. The molecule has 0 aromatic carbocycles. The molecule has 90 valence electrons. The van der Waals surface area contributed by atoms with Gasteiger partial charge in [0.25, 0.3) is 0 Å². The minimum atomic E-state index is -1.98. The molecular weight excluding hydrogens is 202 g/mol. The molecule has 0 saturated carbocycles. The van der Waals surface area contributed by atoms with E-state index in [9.17, 15) is 0 Å². The van der Waals surface area contributed by atoms with Crippen LogP contribution < -0.4 is 0 Å². The molecule has 15 heavy (non-hydrogen) atoms. The Morgan fingerprint density at radius 3 is 2.40 bits per heavy atom. The van der Waals surface area contributed by atoms with Gasteiger partial charge in [-0.15, -0.1) is 15.6 Å². The summed E-state index contributed by atoms with van der Waals surface area (Å²) < 4.78 is 10.5. The van der Waals surface area contributed by atoms with E-state index in [0.29, 0.717) is 19.6 Å². The van der Waals surface area contributed by atoms with Crippen molar-refractivity contribution in [3.63, 3.8) is 0 Å². The molecule has 1 heterocycles. The monoisotopic (exact) mass is 222 g/mol. The van der Waals surface area contributed by atoms with Gasteiger partial charge in [0.15, 0.2) is 6.54 Å². The van der Waals surface area contributed by atoms with E-state index in [1.165, 1.54) is 0 Å². The number of ether oxygens (including phenoxy) is 2. The molecule has 0 aromatic heterocycles. The third-order valence-corrected chi connectivity index (χ3v) is 2.72. The Hall–Kier alpha value is -0.240. The lowest BCUT2D eigenvalue weighted by Crippen LogP contribution is -2.46. The van der Waals surface area contributed by atoms with Crippen molar-refractivity contribution in [1.82, 2.24) is 0 Å². The molecule has 6 nitrogen and oxygen atoms in total. The van der Waals surface area contributed by atoms with E-state index < -0.39 is 4.97 Å². The van der Waals surface area contributed by atoms with E-state index in [2.05, 4.69) is 6.92 Å². The Morgan fingerprint density at radius 2 is 2.00 bits per heavy atom. The predicted molar refractivity (Wildman–Crippen MR) is 49.5 cm³/mol. The third kappa shape index (κ3) is 4.42. The molecule has 0 aromatic rings. The Labute approximate surface area is 89.1 Å². The second-order valence-corrected chi connectivity index (χ2v) is 4.17. The summed E-state index contributed by atoms with van der Waals surface area (Å²) in [6.45, 7) is 4.46. The van der Waals surface area contributed by atoms with E-state index in [0.717, 1.165) is 19.6 Å². The van der Waals surface area contributed by atoms with Crippen LogP contribution >= 0.6 is 0 Å². The minimum absolute atomic E-state index is 0.156. The largest absolute Gasteiger partial charge is 0.380 e. The summed E-state index contributed by atoms with van der Waals surface area (Å²) in [6, 6.07) is 0. The summed E-state index contributed by atoms with van der Waals surface area (Å²) >= 11 is 0. The summed E-state index contributed by atoms with van der Waals surface area (Å²) in [6.07, 6.45) is 1.41. The first-order valence-electron chi connectivity index (χ1n) is 5.19. The first-order valence-corrected chi connectivity index (χ1v) is 5.19. The fraction of sp³-hybridized carbons (Fsp3) is 1.00. The highest BCUT2D eigenvalue weighted by Gasteiger charge is 2.36. The van der Waals surface area contributed by atoms with Crippen LogP contribution in [-0.4, -0.2) is 53.6 Å². The molecule has 0 unspecified atom stereocenters. The first kappa shape index (κ1) is 12.8. The molecule has 3 N–H and O–H groups in total. The first-order chi connectivity index (χ1) is 6.97. The molecule has 0 spiro atoms. The third-order valence-electron chi connectivity index (χ3n) is 2.72. The van der Waals surface area contributed by atoms with Gasteiger partial charge in [0.05, 0.1) is 31.4 Å². The fourth-order valence-corrected chi connectivity index (χ4v) is 1.45. The molecule has 1 aliphatic heterocycles. The molecule has 0 aliphatic carbocycles. The van der Waals surface area contributed by atoms with Crippen LogP contribution in [0, 0.1) is 5.41 Å². The topological polar surface area (TPSA) is 79.2 Å². The maximum Gasteiger partial charge on any atom is 0.179 e. The number of rotatable bonds is 7. The Kier molecular flexibility index (Phi) is 4.45. The van der Waals surface area contributed by atoms with Gasteiger partial charge in [-0.2, -0.15) is 0 Å². The number of hydrogen-bond donors (Lipinski definition) is 3. The van der Waals surface area contributed by atoms with Crippen molar-refractivity contribution in [2.45, 2.75) is 19.8 Å². The van der Waals surface area contributed by atoms with Crippen LogP contribution in [0.5, 0.6) is 0 Å². The molecule has 1 aliphatic rings. The number of nitrogens with zero attached hydrogens (tertiary/aromatic N) is 1. The Morgan fingerprint density at radius 1 is 1.33 bits per heavy atom. The number of quaternary nitrogens is 1. The van der Waals surface area contributed by atoms with Gasteiger partial charge in [-0.1, -0.05) is 6.92 Å². The summed E-state index contributed by atoms with van der Waals surface area (Å²) in [5.41, 5.74) is 0.156. The standard InChI is InChI=1S/C9H20NO5/c1-2-9(7-15-8-9)6-14-5-3-4-10(11,12)13/h11-13H,2-8H2,1H3/q+1. The lowest BCUT2D eigenvalue weighted by Gasteiger charge is -2.40. The van der Waals surface area contributed by atoms with E-state index in [4.69, 9.17) is 25.1 Å². The van der Waals surface area contributed by atoms with Crippen molar-refractivity contribution in [3.8, 4) is 0 Å². The molecule has 1 rings (SSSR count). The van der Waals surface area contributed by atoms with Crippen LogP contribution in [0.1, 0.15) is 19.8 Å². The maximum atomic E-state index is 8.55. The fourth-order valence-electron chi connectivity index (χ4n) is 1.45. The zero-order valence-electron chi connectivity index (χ0n) is 9.06. The van der Waals surface area contributed by atoms with Gasteiger partial charge in [-0.3, -0.25) is 0 Å². The lowest BCUT2D eigenvalue weighted by atomic mass is 9.84. The predicted octanol–water partition coefficient (Wildman–Crippen LogP) is 0.804. The maximum absolute atomic E-state index is 8.55. The second kappa shape index (κ2) is 5.20. The normalized spacial score (nSPS) is 20.0. The molecule has 0 amide bonds. The average Bonchev–Trinajstić information content (AvgIpc) is 2.06. The van der Waals surface area contributed by atoms with Gasteiger partial charge in [-0.05, 0) is 6.42 Å². The van der Waals surface area contributed by atoms with Crippen LogP contribution in [0.4, 0.5) is 0 Å². The van der Waals surface area contributed by atoms with Crippen LogP contribution in [0.15, 0.2) is 0 Å². The van der Waals surface area contributed by atoms with Gasteiger partial charge in [0.2, 0.25) is 0 Å². The van der Waals surface area contributed by atoms with Gasteiger partial charge in [0, 0.05) is 11.8 Å². The van der Waals surface area contributed by atoms with Crippen molar-refractivity contribution in [2.24, 2.45) is 5.41 Å².